The van der Waals surface area contributed by atoms with Gasteiger partial charge in [-0.2, -0.15) is 0 Å². The zero-order chi connectivity index (χ0) is 13.1. The molecule has 1 aliphatic carbocycles. The van der Waals surface area contributed by atoms with Gasteiger partial charge < -0.3 is 11.1 Å². The van der Waals surface area contributed by atoms with Crippen LogP contribution in [0.4, 0.5) is 11.4 Å². The van der Waals surface area contributed by atoms with E-state index >= 15 is 0 Å². The predicted octanol–water partition coefficient (Wildman–Crippen LogP) is 4.61. The molecule has 1 fully saturated rings. The number of hydrogen-bond donors (Lipinski definition) is 2. The summed E-state index contributed by atoms with van der Waals surface area (Å²) < 4.78 is 0. The molecule has 0 aliphatic heterocycles. The monoisotopic (exact) mass is 266 g/mol. The second kappa shape index (κ2) is 5.83. The average Bonchev–Trinajstić information content (AvgIpc) is 2.36. The molecule has 0 bridgehead atoms. The zero-order valence-corrected chi connectivity index (χ0v) is 12.1. The Kier molecular flexibility index (Phi) is 4.39. The number of hydrogen-bond acceptors (Lipinski definition) is 2. The van der Waals surface area contributed by atoms with Crippen molar-refractivity contribution in [1.82, 2.24) is 0 Å². The molecule has 2 nitrogen and oxygen atoms in total. The Morgan fingerprint density at radius 1 is 1.39 bits per heavy atom. The van der Waals surface area contributed by atoms with Crippen LogP contribution >= 0.6 is 11.6 Å². The van der Waals surface area contributed by atoms with Crippen LogP contribution in [-0.4, -0.2) is 6.04 Å². The summed E-state index contributed by atoms with van der Waals surface area (Å²) in [6, 6.07) is 4.49. The quantitative estimate of drug-likeness (QED) is 0.784. The van der Waals surface area contributed by atoms with Gasteiger partial charge in [0.2, 0.25) is 0 Å². The van der Waals surface area contributed by atoms with Gasteiger partial charge in [0.1, 0.15) is 0 Å². The van der Waals surface area contributed by atoms with E-state index in [4.69, 9.17) is 17.3 Å². The van der Waals surface area contributed by atoms with Crippen LogP contribution in [0.3, 0.4) is 0 Å². The second-order valence-corrected chi connectivity index (χ2v) is 5.88. The fourth-order valence-electron chi connectivity index (χ4n) is 2.87. The lowest BCUT2D eigenvalue weighted by Gasteiger charge is -2.30. The summed E-state index contributed by atoms with van der Waals surface area (Å²) in [5.74, 6) is 0.876. The smallest absolute Gasteiger partial charge is 0.0656 e. The number of nitrogens with one attached hydrogen (secondary N) is 1. The van der Waals surface area contributed by atoms with Crippen LogP contribution in [0, 0.1) is 12.8 Å². The van der Waals surface area contributed by atoms with Gasteiger partial charge in [-0.1, -0.05) is 37.8 Å². The van der Waals surface area contributed by atoms with Crippen molar-refractivity contribution in [2.45, 2.75) is 52.0 Å². The van der Waals surface area contributed by atoms with Gasteiger partial charge >= 0.3 is 0 Å². The van der Waals surface area contributed by atoms with Crippen LogP contribution in [0.15, 0.2) is 12.1 Å². The highest BCUT2D eigenvalue weighted by molar-refractivity contribution is 6.33. The lowest BCUT2D eigenvalue weighted by molar-refractivity contribution is 0.327. The standard InChI is InChI=1S/C15H23ClN2/c1-3-11-5-4-6-12(8-11)18-15-9-13(16)14(17)7-10(15)2/h7,9,11-12,18H,3-6,8,17H2,1-2H3. The van der Waals surface area contributed by atoms with Crippen molar-refractivity contribution in [3.05, 3.63) is 22.7 Å². The van der Waals surface area contributed by atoms with Gasteiger partial charge in [-0.05, 0) is 43.4 Å². The largest absolute Gasteiger partial charge is 0.398 e. The van der Waals surface area contributed by atoms with Crippen molar-refractivity contribution in [3.63, 3.8) is 0 Å². The molecule has 1 aromatic rings. The number of anilines is 2. The fourth-order valence-corrected chi connectivity index (χ4v) is 3.04. The fraction of sp³-hybridized carbons (Fsp3) is 0.600. The third-order valence-corrected chi connectivity index (χ3v) is 4.39. The third-order valence-electron chi connectivity index (χ3n) is 4.06. The second-order valence-electron chi connectivity index (χ2n) is 5.47. The maximum atomic E-state index is 6.09. The summed E-state index contributed by atoms with van der Waals surface area (Å²) in [7, 11) is 0. The summed E-state index contributed by atoms with van der Waals surface area (Å²) >= 11 is 6.09. The molecule has 1 saturated carbocycles. The minimum atomic E-state index is 0.585. The van der Waals surface area contributed by atoms with Gasteiger partial charge in [-0.15, -0.1) is 0 Å². The van der Waals surface area contributed by atoms with Crippen molar-refractivity contribution in [2.24, 2.45) is 5.92 Å². The van der Waals surface area contributed by atoms with Gasteiger partial charge in [0.15, 0.2) is 0 Å². The molecule has 1 aromatic carbocycles. The molecule has 0 amide bonds. The molecule has 2 atom stereocenters. The van der Waals surface area contributed by atoms with E-state index in [1.165, 1.54) is 37.7 Å². The minimum absolute atomic E-state index is 0.585. The summed E-state index contributed by atoms with van der Waals surface area (Å²) in [5.41, 5.74) is 8.78. The molecule has 0 heterocycles. The van der Waals surface area contributed by atoms with Crippen molar-refractivity contribution in [2.75, 3.05) is 11.1 Å². The molecule has 3 N–H and O–H groups in total. The van der Waals surface area contributed by atoms with E-state index in [0.717, 1.165) is 11.6 Å². The molecule has 0 radical (unpaired) electrons. The highest BCUT2D eigenvalue weighted by atomic mass is 35.5. The highest BCUT2D eigenvalue weighted by Crippen LogP contribution is 2.32. The first-order valence-electron chi connectivity index (χ1n) is 6.92. The Morgan fingerprint density at radius 2 is 2.17 bits per heavy atom. The highest BCUT2D eigenvalue weighted by Gasteiger charge is 2.21. The molecule has 100 valence electrons. The zero-order valence-electron chi connectivity index (χ0n) is 11.3. The van der Waals surface area contributed by atoms with Crippen LogP contribution in [0.25, 0.3) is 0 Å². The third kappa shape index (κ3) is 3.11. The predicted molar refractivity (Wildman–Crippen MR) is 80.3 cm³/mol. The Labute approximate surface area is 115 Å². The number of rotatable bonds is 3. The van der Waals surface area contributed by atoms with Crippen molar-refractivity contribution < 1.29 is 0 Å². The Bertz CT molecular complexity index is 417. The maximum Gasteiger partial charge on any atom is 0.0656 e. The molecular weight excluding hydrogens is 244 g/mol. The van der Waals surface area contributed by atoms with E-state index in [9.17, 15) is 0 Å². The molecule has 0 spiro atoms. The number of nitrogen functional groups attached to an aromatic ring is 1. The van der Waals surface area contributed by atoms with E-state index in [-0.39, 0.29) is 0 Å². The Hall–Kier alpha value is -0.890. The number of halogens is 1. The van der Waals surface area contributed by atoms with E-state index in [2.05, 4.69) is 19.2 Å². The van der Waals surface area contributed by atoms with Crippen molar-refractivity contribution in [3.8, 4) is 0 Å². The van der Waals surface area contributed by atoms with Crippen LogP contribution in [0.2, 0.25) is 5.02 Å². The van der Waals surface area contributed by atoms with Crippen LogP contribution in [0.1, 0.15) is 44.6 Å². The normalized spacial score (nSPS) is 23.9. The first-order chi connectivity index (χ1) is 8.60. The van der Waals surface area contributed by atoms with Crippen LogP contribution in [0.5, 0.6) is 0 Å². The molecule has 0 aromatic heterocycles. The van der Waals surface area contributed by atoms with E-state index in [0.29, 0.717) is 16.8 Å². The van der Waals surface area contributed by atoms with E-state index < -0.39 is 0 Å². The Morgan fingerprint density at radius 3 is 2.89 bits per heavy atom. The topological polar surface area (TPSA) is 38.0 Å². The number of aryl methyl sites for hydroxylation is 1. The van der Waals surface area contributed by atoms with Crippen molar-refractivity contribution in [1.29, 1.82) is 0 Å². The Balaban J connectivity index is 2.07. The first kappa shape index (κ1) is 13.5. The van der Waals surface area contributed by atoms with Gasteiger partial charge in [0, 0.05) is 11.7 Å². The molecule has 2 unspecified atom stereocenters. The van der Waals surface area contributed by atoms with E-state index in [1.807, 2.05) is 12.1 Å². The van der Waals surface area contributed by atoms with E-state index in [1.54, 1.807) is 0 Å². The SMILES string of the molecule is CCC1CCCC(Nc2cc(Cl)c(N)cc2C)C1. The van der Waals surface area contributed by atoms with Gasteiger partial charge in [-0.3, -0.25) is 0 Å². The molecule has 18 heavy (non-hydrogen) atoms. The minimum Gasteiger partial charge on any atom is -0.398 e. The summed E-state index contributed by atoms with van der Waals surface area (Å²) in [4.78, 5) is 0. The van der Waals surface area contributed by atoms with Crippen molar-refractivity contribution >= 4 is 23.0 Å². The lowest BCUT2D eigenvalue weighted by atomic mass is 9.84. The summed E-state index contributed by atoms with van der Waals surface area (Å²) in [6.07, 6.45) is 6.55. The lowest BCUT2D eigenvalue weighted by Crippen LogP contribution is -2.27. The molecular formula is C15H23ClN2. The maximum absolute atomic E-state index is 6.09. The summed E-state index contributed by atoms with van der Waals surface area (Å²) in [6.45, 7) is 4.37. The first-order valence-corrected chi connectivity index (χ1v) is 7.30. The van der Waals surface area contributed by atoms with Gasteiger partial charge in [0.25, 0.3) is 0 Å². The average molecular weight is 267 g/mol. The summed E-state index contributed by atoms with van der Waals surface area (Å²) in [5, 5.41) is 4.29. The number of benzene rings is 1. The molecule has 1 aliphatic rings. The van der Waals surface area contributed by atoms with Crippen LogP contribution in [-0.2, 0) is 0 Å². The van der Waals surface area contributed by atoms with Gasteiger partial charge in [-0.25, -0.2) is 0 Å². The molecule has 2 rings (SSSR count). The van der Waals surface area contributed by atoms with Crippen LogP contribution < -0.4 is 11.1 Å². The molecule has 3 heteroatoms. The molecule has 0 saturated heterocycles. The number of nitrogens with two attached hydrogens (primary N) is 1. The van der Waals surface area contributed by atoms with Gasteiger partial charge in [0.05, 0.1) is 10.7 Å².